The van der Waals surface area contributed by atoms with E-state index in [-0.39, 0.29) is 16.9 Å². The number of carboxylic acid groups (broad SMARTS) is 1. The number of rotatable bonds is 4. The van der Waals surface area contributed by atoms with Crippen LogP contribution in [0.2, 0.25) is 0 Å². The lowest BCUT2D eigenvalue weighted by Crippen LogP contribution is -2.23. The Hall–Kier alpha value is -2.63. The number of ether oxygens (including phenoxy) is 2. The second-order valence-electron chi connectivity index (χ2n) is 7.81. The van der Waals surface area contributed by atoms with Gasteiger partial charge in [0.1, 0.15) is 17.7 Å². The molecule has 134 valence electrons. The van der Waals surface area contributed by atoms with Crippen LogP contribution in [0.25, 0.3) is 0 Å². The fraction of sp³-hybridized carbons (Fsp3) is 0.421. The number of hydrogen-bond acceptors (Lipinski definition) is 5. The van der Waals surface area contributed by atoms with E-state index in [9.17, 15) is 9.90 Å². The topological polar surface area (TPSA) is 81.5 Å². The second kappa shape index (κ2) is 6.70. The molecule has 2 rings (SSSR count). The number of aromatic nitrogens is 2. The summed E-state index contributed by atoms with van der Waals surface area (Å²) in [7, 11) is 0. The summed E-state index contributed by atoms with van der Waals surface area (Å²) < 4.78 is 11.5. The van der Waals surface area contributed by atoms with Gasteiger partial charge in [0.2, 0.25) is 11.8 Å². The first kappa shape index (κ1) is 18.7. The Kier molecular flexibility index (Phi) is 5.02. The number of benzene rings is 1. The van der Waals surface area contributed by atoms with E-state index in [1.807, 2.05) is 47.6 Å². The van der Waals surface area contributed by atoms with Gasteiger partial charge in [-0.3, -0.25) is 0 Å². The first-order chi connectivity index (χ1) is 11.4. The third-order valence-electron chi connectivity index (χ3n) is 3.27. The SMILES string of the molecule is CC(C)(C)Oc1cc(Oc2cc(C(=O)O)cc(C(C)(C)C)c2)ncn1. The number of carbonyl (C=O) groups is 1. The van der Waals surface area contributed by atoms with Gasteiger partial charge in [-0.2, -0.15) is 0 Å². The fourth-order valence-electron chi connectivity index (χ4n) is 2.08. The van der Waals surface area contributed by atoms with Crippen molar-refractivity contribution in [1.82, 2.24) is 9.97 Å². The molecular formula is C19H24N2O4. The van der Waals surface area contributed by atoms with Gasteiger partial charge in [0.05, 0.1) is 11.6 Å². The lowest BCUT2D eigenvalue weighted by Gasteiger charge is -2.21. The van der Waals surface area contributed by atoms with Gasteiger partial charge in [-0.25, -0.2) is 14.8 Å². The van der Waals surface area contributed by atoms with Crippen LogP contribution >= 0.6 is 0 Å². The van der Waals surface area contributed by atoms with Gasteiger partial charge in [-0.05, 0) is 49.9 Å². The van der Waals surface area contributed by atoms with Gasteiger partial charge in [0.15, 0.2) is 0 Å². The molecule has 0 unspecified atom stereocenters. The molecule has 0 saturated heterocycles. The highest BCUT2D eigenvalue weighted by Gasteiger charge is 2.19. The van der Waals surface area contributed by atoms with E-state index in [1.165, 1.54) is 12.4 Å². The minimum absolute atomic E-state index is 0.169. The van der Waals surface area contributed by atoms with Crippen molar-refractivity contribution in [2.45, 2.75) is 52.6 Å². The molecule has 0 aliphatic carbocycles. The Morgan fingerprint density at radius 2 is 1.60 bits per heavy atom. The van der Waals surface area contributed by atoms with Crippen LogP contribution in [0.3, 0.4) is 0 Å². The quantitative estimate of drug-likeness (QED) is 0.883. The molecular weight excluding hydrogens is 320 g/mol. The first-order valence-corrected chi connectivity index (χ1v) is 8.02. The van der Waals surface area contributed by atoms with Gasteiger partial charge >= 0.3 is 5.97 Å². The van der Waals surface area contributed by atoms with Crippen LogP contribution in [0.5, 0.6) is 17.5 Å². The maximum absolute atomic E-state index is 11.4. The molecule has 0 bridgehead atoms. The molecule has 6 heteroatoms. The van der Waals surface area contributed by atoms with E-state index in [4.69, 9.17) is 9.47 Å². The first-order valence-electron chi connectivity index (χ1n) is 8.02. The minimum atomic E-state index is -1.00. The van der Waals surface area contributed by atoms with Crippen LogP contribution in [0.15, 0.2) is 30.6 Å². The maximum atomic E-state index is 11.4. The predicted octanol–water partition coefficient (Wildman–Crippen LogP) is 4.44. The minimum Gasteiger partial charge on any atom is -0.478 e. The van der Waals surface area contributed by atoms with E-state index in [2.05, 4.69) is 9.97 Å². The largest absolute Gasteiger partial charge is 0.478 e. The van der Waals surface area contributed by atoms with Crippen LogP contribution in [-0.2, 0) is 5.41 Å². The molecule has 0 aliphatic rings. The molecule has 0 amide bonds. The van der Waals surface area contributed by atoms with E-state index in [1.54, 1.807) is 12.1 Å². The van der Waals surface area contributed by atoms with Crippen molar-refractivity contribution in [3.63, 3.8) is 0 Å². The molecule has 1 aromatic heterocycles. The Balaban J connectivity index is 2.35. The summed E-state index contributed by atoms with van der Waals surface area (Å²) in [4.78, 5) is 19.5. The summed E-state index contributed by atoms with van der Waals surface area (Å²) in [5, 5.41) is 9.34. The van der Waals surface area contributed by atoms with Crippen LogP contribution in [0, 0.1) is 0 Å². The molecule has 0 saturated carbocycles. The summed E-state index contributed by atoms with van der Waals surface area (Å²) in [6, 6.07) is 6.53. The molecule has 0 fully saturated rings. The van der Waals surface area contributed by atoms with Crippen LogP contribution < -0.4 is 9.47 Å². The smallest absolute Gasteiger partial charge is 0.335 e. The van der Waals surface area contributed by atoms with Crippen LogP contribution in [-0.4, -0.2) is 26.6 Å². The van der Waals surface area contributed by atoms with Crippen molar-refractivity contribution in [1.29, 1.82) is 0 Å². The molecule has 0 aliphatic heterocycles. The molecule has 2 aromatic rings. The van der Waals surface area contributed by atoms with Crippen molar-refractivity contribution < 1.29 is 19.4 Å². The molecule has 0 spiro atoms. The average Bonchev–Trinajstić information content (AvgIpc) is 2.44. The number of nitrogens with zero attached hydrogens (tertiary/aromatic N) is 2. The Labute approximate surface area is 147 Å². The molecule has 1 heterocycles. The summed E-state index contributed by atoms with van der Waals surface area (Å²) in [5.74, 6) is 0.0835. The van der Waals surface area contributed by atoms with Gasteiger partial charge in [0.25, 0.3) is 0 Å². The van der Waals surface area contributed by atoms with E-state index in [0.717, 1.165) is 5.56 Å². The van der Waals surface area contributed by atoms with Crippen LogP contribution in [0.1, 0.15) is 57.5 Å². The van der Waals surface area contributed by atoms with Gasteiger partial charge in [0, 0.05) is 0 Å². The predicted molar refractivity (Wildman–Crippen MR) is 94.6 cm³/mol. The zero-order chi connectivity index (χ0) is 18.8. The molecule has 1 N–H and O–H groups in total. The molecule has 25 heavy (non-hydrogen) atoms. The monoisotopic (exact) mass is 344 g/mol. The van der Waals surface area contributed by atoms with Crippen molar-refractivity contribution in [3.8, 4) is 17.5 Å². The summed E-state index contributed by atoms with van der Waals surface area (Å²) in [5.41, 5.74) is 0.426. The van der Waals surface area contributed by atoms with Crippen molar-refractivity contribution >= 4 is 5.97 Å². The van der Waals surface area contributed by atoms with Crippen molar-refractivity contribution in [2.24, 2.45) is 0 Å². The normalized spacial score (nSPS) is 11.9. The fourth-order valence-corrected chi connectivity index (χ4v) is 2.08. The van der Waals surface area contributed by atoms with E-state index >= 15 is 0 Å². The third kappa shape index (κ3) is 5.45. The summed E-state index contributed by atoms with van der Waals surface area (Å²) >= 11 is 0. The standard InChI is InChI=1S/C19H24N2O4/c1-18(2,3)13-7-12(17(22)23)8-14(9-13)24-15-10-16(21-11-20-15)25-19(4,5)6/h7-11H,1-6H3,(H,22,23). The Morgan fingerprint density at radius 3 is 2.16 bits per heavy atom. The zero-order valence-electron chi connectivity index (χ0n) is 15.5. The molecule has 0 radical (unpaired) electrons. The van der Waals surface area contributed by atoms with Gasteiger partial charge < -0.3 is 14.6 Å². The van der Waals surface area contributed by atoms with Gasteiger partial charge in [-0.1, -0.05) is 20.8 Å². The average molecular weight is 344 g/mol. The molecule has 0 atom stereocenters. The highest BCUT2D eigenvalue weighted by atomic mass is 16.5. The Morgan fingerprint density at radius 1 is 0.960 bits per heavy atom. The van der Waals surface area contributed by atoms with Crippen molar-refractivity contribution in [2.75, 3.05) is 0 Å². The van der Waals surface area contributed by atoms with Crippen LogP contribution in [0.4, 0.5) is 0 Å². The van der Waals surface area contributed by atoms with E-state index < -0.39 is 11.6 Å². The molecule has 1 aromatic carbocycles. The number of aromatic carboxylic acids is 1. The zero-order valence-corrected chi connectivity index (χ0v) is 15.5. The second-order valence-corrected chi connectivity index (χ2v) is 7.81. The highest BCUT2D eigenvalue weighted by molar-refractivity contribution is 5.88. The van der Waals surface area contributed by atoms with Crippen molar-refractivity contribution in [3.05, 3.63) is 41.7 Å². The maximum Gasteiger partial charge on any atom is 0.335 e. The summed E-state index contributed by atoms with van der Waals surface area (Å²) in [6.07, 6.45) is 1.35. The number of carboxylic acids is 1. The van der Waals surface area contributed by atoms with Gasteiger partial charge in [-0.15, -0.1) is 0 Å². The third-order valence-corrected chi connectivity index (χ3v) is 3.27. The molecule has 6 nitrogen and oxygen atoms in total. The lowest BCUT2D eigenvalue weighted by atomic mass is 9.86. The highest BCUT2D eigenvalue weighted by Crippen LogP contribution is 2.30. The van der Waals surface area contributed by atoms with E-state index in [0.29, 0.717) is 11.6 Å². The number of hydrogen-bond donors (Lipinski definition) is 1. The lowest BCUT2D eigenvalue weighted by molar-refractivity contribution is 0.0696. The summed E-state index contributed by atoms with van der Waals surface area (Å²) in [6.45, 7) is 11.8. The Bertz CT molecular complexity index is 774.